The number of nitrogens with one attached hydrogen (secondary N) is 2. The monoisotopic (exact) mass is 466 g/mol. The number of carbonyl (C=O) groups is 3. The zero-order valence-corrected chi connectivity index (χ0v) is 18.0. The van der Waals surface area contributed by atoms with E-state index >= 15 is 0 Å². The Kier molecular flexibility index (Phi) is 6.16. The number of benzene rings is 2. The van der Waals surface area contributed by atoms with Crippen molar-refractivity contribution in [2.24, 2.45) is 0 Å². The number of carbonyl (C=O) groups excluding carboxylic acids is 3. The van der Waals surface area contributed by atoms with Crippen LogP contribution in [0.5, 0.6) is 0 Å². The molecule has 1 aliphatic rings. The summed E-state index contributed by atoms with van der Waals surface area (Å²) in [5.41, 5.74) is 1.69. The van der Waals surface area contributed by atoms with Gasteiger partial charge < -0.3 is 9.15 Å². The van der Waals surface area contributed by atoms with Crippen LogP contribution in [0.15, 0.2) is 70.7 Å². The molecule has 7 nitrogen and oxygen atoms in total. The van der Waals surface area contributed by atoms with Crippen LogP contribution in [0.25, 0.3) is 17.4 Å². The van der Waals surface area contributed by atoms with Gasteiger partial charge in [-0.25, -0.2) is 4.79 Å². The van der Waals surface area contributed by atoms with Crippen LogP contribution in [0, 0.1) is 0 Å². The molecule has 1 aliphatic heterocycles. The lowest BCUT2D eigenvalue weighted by molar-refractivity contribution is -0.123. The zero-order valence-electron chi connectivity index (χ0n) is 16.4. The Hall–Kier alpha value is -3.75. The molecule has 160 valence electrons. The molecular formula is C23H15ClN2O5S. The molecule has 2 heterocycles. The van der Waals surface area contributed by atoms with E-state index < -0.39 is 17.8 Å². The van der Waals surface area contributed by atoms with Gasteiger partial charge in [0.15, 0.2) is 5.11 Å². The summed E-state index contributed by atoms with van der Waals surface area (Å²) in [6.07, 6.45) is 1.33. The molecule has 0 radical (unpaired) electrons. The van der Waals surface area contributed by atoms with E-state index in [1.807, 2.05) is 6.07 Å². The van der Waals surface area contributed by atoms with Crippen molar-refractivity contribution in [3.63, 3.8) is 0 Å². The Balaban J connectivity index is 1.44. The standard InChI is InChI=1S/C23H15ClN2O5S/c24-18-4-2-1-3-15(18)12-30-22(29)14-7-5-13(6-8-14)19-10-9-16(31-19)11-17-20(27)25-23(32)26-21(17)28/h1-11H,12H2,(H2,25,26,27,28,32). The first-order valence-electron chi connectivity index (χ1n) is 9.40. The van der Waals surface area contributed by atoms with E-state index in [1.165, 1.54) is 6.08 Å². The minimum atomic E-state index is -0.601. The van der Waals surface area contributed by atoms with E-state index in [-0.39, 0.29) is 17.3 Å². The van der Waals surface area contributed by atoms with Crippen LogP contribution >= 0.6 is 23.8 Å². The van der Waals surface area contributed by atoms with Gasteiger partial charge in [0, 0.05) is 16.1 Å². The molecule has 0 spiro atoms. The number of hydrogen-bond donors (Lipinski definition) is 2. The van der Waals surface area contributed by atoms with E-state index in [1.54, 1.807) is 54.6 Å². The first-order chi connectivity index (χ1) is 15.4. The molecule has 0 unspecified atom stereocenters. The molecule has 1 saturated heterocycles. The summed E-state index contributed by atoms with van der Waals surface area (Å²) in [5, 5.41) is 5.21. The number of halogens is 1. The number of amides is 2. The predicted octanol–water partition coefficient (Wildman–Crippen LogP) is 3.87. The minimum Gasteiger partial charge on any atom is -0.457 e. The van der Waals surface area contributed by atoms with Gasteiger partial charge in [0.25, 0.3) is 11.8 Å². The van der Waals surface area contributed by atoms with Crippen molar-refractivity contribution in [3.05, 3.63) is 88.1 Å². The van der Waals surface area contributed by atoms with Crippen molar-refractivity contribution in [1.82, 2.24) is 10.6 Å². The highest BCUT2D eigenvalue weighted by atomic mass is 35.5. The van der Waals surface area contributed by atoms with Crippen molar-refractivity contribution in [3.8, 4) is 11.3 Å². The molecule has 1 aromatic heterocycles. The SMILES string of the molecule is O=C1NC(=S)NC(=O)C1=Cc1ccc(-c2ccc(C(=O)OCc3ccccc3Cl)cc2)o1. The van der Waals surface area contributed by atoms with Crippen molar-refractivity contribution in [2.75, 3.05) is 0 Å². The van der Waals surface area contributed by atoms with E-state index in [9.17, 15) is 14.4 Å². The van der Waals surface area contributed by atoms with Gasteiger partial charge in [0.05, 0.1) is 5.56 Å². The van der Waals surface area contributed by atoms with Gasteiger partial charge in [-0.2, -0.15) is 0 Å². The molecule has 32 heavy (non-hydrogen) atoms. The summed E-state index contributed by atoms with van der Waals surface area (Å²) in [7, 11) is 0. The number of ether oxygens (including phenoxy) is 1. The average Bonchev–Trinajstić information content (AvgIpc) is 3.24. The van der Waals surface area contributed by atoms with Crippen LogP contribution < -0.4 is 10.6 Å². The first-order valence-corrected chi connectivity index (χ1v) is 10.2. The number of thiocarbonyl (C=S) groups is 1. The quantitative estimate of drug-likeness (QED) is 0.256. The van der Waals surface area contributed by atoms with Crippen molar-refractivity contribution < 1.29 is 23.5 Å². The Morgan fingerprint density at radius 3 is 2.38 bits per heavy atom. The summed E-state index contributed by atoms with van der Waals surface area (Å²) in [6.45, 7) is 0.0718. The Labute approximate surface area is 193 Å². The molecule has 1 fully saturated rings. The van der Waals surface area contributed by atoms with Crippen LogP contribution in [-0.4, -0.2) is 22.9 Å². The highest BCUT2D eigenvalue weighted by molar-refractivity contribution is 7.80. The largest absolute Gasteiger partial charge is 0.457 e. The van der Waals surface area contributed by atoms with Crippen LogP contribution in [0.3, 0.4) is 0 Å². The molecule has 3 aromatic rings. The molecule has 0 bridgehead atoms. The van der Waals surface area contributed by atoms with Gasteiger partial charge in [-0.3, -0.25) is 20.2 Å². The second kappa shape index (κ2) is 9.17. The third-order valence-corrected chi connectivity index (χ3v) is 5.15. The van der Waals surface area contributed by atoms with Gasteiger partial charge in [-0.05, 0) is 48.6 Å². The smallest absolute Gasteiger partial charge is 0.338 e. The van der Waals surface area contributed by atoms with Crippen molar-refractivity contribution in [2.45, 2.75) is 6.61 Å². The molecule has 2 amide bonds. The molecule has 2 N–H and O–H groups in total. The fraction of sp³-hybridized carbons (Fsp3) is 0.0435. The summed E-state index contributed by atoms with van der Waals surface area (Å²) in [4.78, 5) is 36.2. The van der Waals surface area contributed by atoms with Gasteiger partial charge in [0.1, 0.15) is 23.7 Å². The lowest BCUT2D eigenvalue weighted by Gasteiger charge is -2.15. The second-order valence-electron chi connectivity index (χ2n) is 6.74. The van der Waals surface area contributed by atoms with Crippen LogP contribution in [0.4, 0.5) is 0 Å². The number of rotatable bonds is 5. The normalized spacial score (nSPS) is 13.4. The van der Waals surface area contributed by atoms with Gasteiger partial charge >= 0.3 is 5.97 Å². The lowest BCUT2D eigenvalue weighted by Crippen LogP contribution is -2.51. The molecule has 0 atom stereocenters. The van der Waals surface area contributed by atoms with Crippen molar-refractivity contribution in [1.29, 1.82) is 0 Å². The third-order valence-electron chi connectivity index (χ3n) is 4.58. The summed E-state index contributed by atoms with van der Waals surface area (Å²) < 4.78 is 11.0. The predicted molar refractivity (Wildman–Crippen MR) is 122 cm³/mol. The van der Waals surface area contributed by atoms with Crippen LogP contribution in [0.2, 0.25) is 5.02 Å². The topological polar surface area (TPSA) is 97.6 Å². The molecule has 0 saturated carbocycles. The first kappa shape index (κ1) is 21.5. The Morgan fingerprint density at radius 2 is 1.69 bits per heavy atom. The Morgan fingerprint density at radius 1 is 1.00 bits per heavy atom. The van der Waals surface area contributed by atoms with E-state index in [4.69, 9.17) is 33.0 Å². The summed E-state index contributed by atoms with van der Waals surface area (Å²) >= 11 is 10.8. The minimum absolute atomic E-state index is 0.0391. The van der Waals surface area contributed by atoms with Crippen LogP contribution in [-0.2, 0) is 20.9 Å². The Bertz CT molecular complexity index is 1240. The second-order valence-corrected chi connectivity index (χ2v) is 7.56. The average molecular weight is 467 g/mol. The number of furan rings is 1. The van der Waals surface area contributed by atoms with E-state index in [0.717, 1.165) is 5.56 Å². The summed E-state index contributed by atoms with van der Waals surface area (Å²) in [6, 6.07) is 17.1. The highest BCUT2D eigenvalue weighted by Crippen LogP contribution is 2.25. The maximum Gasteiger partial charge on any atom is 0.338 e. The fourth-order valence-corrected chi connectivity index (χ4v) is 3.32. The molecule has 9 heteroatoms. The van der Waals surface area contributed by atoms with E-state index in [0.29, 0.717) is 27.7 Å². The third kappa shape index (κ3) is 4.77. The fourth-order valence-electron chi connectivity index (χ4n) is 2.95. The lowest BCUT2D eigenvalue weighted by atomic mass is 10.1. The molecular weight excluding hydrogens is 452 g/mol. The highest BCUT2D eigenvalue weighted by Gasteiger charge is 2.26. The van der Waals surface area contributed by atoms with Gasteiger partial charge in [-0.1, -0.05) is 41.9 Å². The molecule has 0 aliphatic carbocycles. The van der Waals surface area contributed by atoms with Crippen molar-refractivity contribution >= 4 is 52.8 Å². The van der Waals surface area contributed by atoms with Crippen LogP contribution in [0.1, 0.15) is 21.7 Å². The van der Waals surface area contributed by atoms with Gasteiger partial charge in [-0.15, -0.1) is 0 Å². The summed E-state index contributed by atoms with van der Waals surface area (Å²) in [5.74, 6) is -0.863. The van der Waals surface area contributed by atoms with Gasteiger partial charge in [0.2, 0.25) is 0 Å². The number of hydrogen-bond acceptors (Lipinski definition) is 6. The van der Waals surface area contributed by atoms with E-state index in [2.05, 4.69) is 10.6 Å². The maximum atomic E-state index is 12.3. The zero-order chi connectivity index (χ0) is 22.7. The number of esters is 1. The molecule has 4 rings (SSSR count). The molecule has 2 aromatic carbocycles. The maximum absolute atomic E-state index is 12.3.